The summed E-state index contributed by atoms with van der Waals surface area (Å²) in [5, 5.41) is 5.40. The third-order valence-electron chi connectivity index (χ3n) is 5.32. The van der Waals surface area contributed by atoms with Crippen LogP contribution >= 0.6 is 0 Å². The first-order valence-electron chi connectivity index (χ1n) is 10.2. The van der Waals surface area contributed by atoms with E-state index in [2.05, 4.69) is 10.6 Å². The molecule has 4 amide bonds. The maximum absolute atomic E-state index is 12.9. The van der Waals surface area contributed by atoms with Gasteiger partial charge in [-0.15, -0.1) is 0 Å². The summed E-state index contributed by atoms with van der Waals surface area (Å²) in [6, 6.07) is 22.9. The molecule has 0 radical (unpaired) electrons. The highest BCUT2D eigenvalue weighted by Crippen LogP contribution is 2.28. The number of nitrogens with zero attached hydrogens (tertiary/aromatic N) is 1. The monoisotopic (exact) mass is 429 g/mol. The van der Waals surface area contributed by atoms with Crippen molar-refractivity contribution in [2.75, 3.05) is 11.9 Å². The Labute approximate surface area is 186 Å². The molecule has 0 aromatic heterocycles. The third-order valence-corrected chi connectivity index (χ3v) is 5.32. The number of benzene rings is 3. The molecule has 7 heteroatoms. The molecule has 1 heterocycles. The van der Waals surface area contributed by atoms with Crippen molar-refractivity contribution in [1.29, 1.82) is 0 Å². The number of hydrogen-bond donors (Lipinski definition) is 2. The Morgan fingerprint density at radius 3 is 2.16 bits per heavy atom. The normalized spacial score (nSPS) is 17.8. The van der Waals surface area contributed by atoms with Gasteiger partial charge < -0.3 is 15.4 Å². The van der Waals surface area contributed by atoms with Crippen LogP contribution in [0.4, 0.5) is 10.5 Å². The van der Waals surface area contributed by atoms with Gasteiger partial charge in [0.2, 0.25) is 5.91 Å². The van der Waals surface area contributed by atoms with Crippen LogP contribution in [0.3, 0.4) is 0 Å². The van der Waals surface area contributed by atoms with Crippen LogP contribution in [-0.4, -0.2) is 29.3 Å². The molecule has 3 aromatic carbocycles. The quantitative estimate of drug-likeness (QED) is 0.575. The highest BCUT2D eigenvalue weighted by molar-refractivity contribution is 6.10. The SMILES string of the molecule is Cc1ccc(Oc2ccc(NC(=O)CN3C(=O)NC(C)(c4ccccc4)C3=O)cc2)cc1. The van der Waals surface area contributed by atoms with E-state index >= 15 is 0 Å². The molecule has 2 N–H and O–H groups in total. The van der Waals surface area contributed by atoms with E-state index in [0.29, 0.717) is 22.7 Å². The topological polar surface area (TPSA) is 87.7 Å². The van der Waals surface area contributed by atoms with Crippen LogP contribution in [-0.2, 0) is 15.1 Å². The van der Waals surface area contributed by atoms with E-state index in [-0.39, 0.29) is 6.54 Å². The first-order chi connectivity index (χ1) is 15.3. The van der Waals surface area contributed by atoms with Crippen LogP contribution in [0.15, 0.2) is 78.9 Å². The van der Waals surface area contributed by atoms with Gasteiger partial charge >= 0.3 is 6.03 Å². The fourth-order valence-electron chi connectivity index (χ4n) is 3.50. The summed E-state index contributed by atoms with van der Waals surface area (Å²) < 4.78 is 5.78. The molecule has 1 atom stereocenters. The number of ether oxygens (including phenoxy) is 1. The minimum atomic E-state index is -1.20. The maximum atomic E-state index is 12.9. The lowest BCUT2D eigenvalue weighted by Gasteiger charge is -2.22. The molecule has 1 aliphatic rings. The molecule has 0 saturated carbocycles. The zero-order valence-electron chi connectivity index (χ0n) is 17.8. The second-order valence-corrected chi connectivity index (χ2v) is 7.80. The van der Waals surface area contributed by atoms with Gasteiger partial charge in [-0.3, -0.25) is 14.5 Å². The fraction of sp³-hybridized carbons (Fsp3) is 0.160. The smallest absolute Gasteiger partial charge is 0.325 e. The zero-order valence-corrected chi connectivity index (χ0v) is 17.8. The standard InChI is InChI=1S/C25H23N3O4/c1-17-8-12-20(13-9-17)32-21-14-10-19(11-15-21)26-22(29)16-28-23(30)25(2,27-24(28)31)18-6-4-3-5-7-18/h3-15H,16H2,1-2H3,(H,26,29)(H,27,31). The summed E-state index contributed by atoms with van der Waals surface area (Å²) in [7, 11) is 0. The minimum Gasteiger partial charge on any atom is -0.457 e. The van der Waals surface area contributed by atoms with Crippen molar-refractivity contribution >= 4 is 23.5 Å². The Morgan fingerprint density at radius 1 is 0.938 bits per heavy atom. The molecule has 3 aromatic rings. The molecule has 7 nitrogen and oxygen atoms in total. The minimum absolute atomic E-state index is 0.380. The van der Waals surface area contributed by atoms with Crippen LogP contribution in [0.1, 0.15) is 18.1 Å². The number of urea groups is 1. The molecule has 0 bridgehead atoms. The third kappa shape index (κ3) is 4.32. The van der Waals surface area contributed by atoms with Crippen molar-refractivity contribution in [2.45, 2.75) is 19.4 Å². The van der Waals surface area contributed by atoms with Crippen LogP contribution in [0.25, 0.3) is 0 Å². The molecular formula is C25H23N3O4. The molecule has 162 valence electrons. The van der Waals surface area contributed by atoms with E-state index in [1.807, 2.05) is 37.3 Å². The van der Waals surface area contributed by atoms with Gasteiger partial charge in [0, 0.05) is 5.69 Å². The molecule has 4 rings (SSSR count). The van der Waals surface area contributed by atoms with E-state index in [0.717, 1.165) is 10.5 Å². The van der Waals surface area contributed by atoms with Gasteiger partial charge in [0.05, 0.1) is 0 Å². The Hall–Kier alpha value is -4.13. The Balaban J connectivity index is 1.37. The largest absolute Gasteiger partial charge is 0.457 e. The van der Waals surface area contributed by atoms with Crippen molar-refractivity contribution in [3.63, 3.8) is 0 Å². The molecule has 0 spiro atoms. The first-order valence-corrected chi connectivity index (χ1v) is 10.2. The van der Waals surface area contributed by atoms with Crippen LogP contribution in [0.5, 0.6) is 11.5 Å². The summed E-state index contributed by atoms with van der Waals surface area (Å²) in [6.07, 6.45) is 0. The number of rotatable bonds is 6. The number of anilines is 1. The van der Waals surface area contributed by atoms with Gasteiger partial charge in [0.15, 0.2) is 0 Å². The number of carbonyl (C=O) groups excluding carboxylic acids is 3. The lowest BCUT2D eigenvalue weighted by atomic mass is 9.92. The summed E-state index contributed by atoms with van der Waals surface area (Å²) in [5.41, 5.74) is 1.13. The van der Waals surface area contributed by atoms with Gasteiger partial charge in [-0.1, -0.05) is 48.0 Å². The number of hydrogen-bond acceptors (Lipinski definition) is 4. The predicted octanol–water partition coefficient (Wildman–Crippen LogP) is 4.19. The second kappa shape index (κ2) is 8.55. The zero-order chi connectivity index (χ0) is 22.7. The van der Waals surface area contributed by atoms with E-state index in [4.69, 9.17) is 4.74 Å². The molecule has 32 heavy (non-hydrogen) atoms. The van der Waals surface area contributed by atoms with Crippen LogP contribution in [0.2, 0.25) is 0 Å². The van der Waals surface area contributed by atoms with E-state index in [1.165, 1.54) is 0 Å². The number of imide groups is 1. The first kappa shape index (κ1) is 21.1. The van der Waals surface area contributed by atoms with Gasteiger partial charge in [0.25, 0.3) is 5.91 Å². The van der Waals surface area contributed by atoms with E-state index in [9.17, 15) is 14.4 Å². The number of nitrogens with one attached hydrogen (secondary N) is 2. The van der Waals surface area contributed by atoms with Gasteiger partial charge in [-0.2, -0.15) is 0 Å². The molecule has 1 aliphatic heterocycles. The molecule has 1 fully saturated rings. The Kier molecular flexibility index (Phi) is 5.64. The van der Waals surface area contributed by atoms with Crippen molar-refractivity contribution in [1.82, 2.24) is 10.2 Å². The van der Waals surface area contributed by atoms with Crippen molar-refractivity contribution < 1.29 is 19.1 Å². The molecule has 1 saturated heterocycles. The van der Waals surface area contributed by atoms with Crippen molar-refractivity contribution in [3.8, 4) is 11.5 Å². The average molecular weight is 429 g/mol. The van der Waals surface area contributed by atoms with Crippen LogP contribution in [0, 0.1) is 6.92 Å². The number of carbonyl (C=O) groups is 3. The molecule has 0 aliphatic carbocycles. The summed E-state index contributed by atoms with van der Waals surface area (Å²) >= 11 is 0. The number of aryl methyl sites for hydroxylation is 1. The highest BCUT2D eigenvalue weighted by atomic mass is 16.5. The summed E-state index contributed by atoms with van der Waals surface area (Å²) in [5.74, 6) is 0.399. The average Bonchev–Trinajstić information content (AvgIpc) is 3.01. The van der Waals surface area contributed by atoms with Gasteiger partial charge in [0.1, 0.15) is 23.6 Å². The summed E-state index contributed by atoms with van der Waals surface area (Å²) in [4.78, 5) is 38.7. The number of amides is 4. The lowest BCUT2D eigenvalue weighted by molar-refractivity contribution is -0.133. The van der Waals surface area contributed by atoms with E-state index in [1.54, 1.807) is 55.5 Å². The van der Waals surface area contributed by atoms with Gasteiger partial charge in [-0.05, 0) is 55.8 Å². The summed E-state index contributed by atoms with van der Waals surface area (Å²) in [6.45, 7) is 3.25. The Morgan fingerprint density at radius 2 is 1.53 bits per heavy atom. The Bertz CT molecular complexity index is 1140. The fourth-order valence-corrected chi connectivity index (χ4v) is 3.50. The van der Waals surface area contributed by atoms with Crippen molar-refractivity contribution in [3.05, 3.63) is 90.0 Å². The predicted molar refractivity (Wildman–Crippen MR) is 120 cm³/mol. The molecule has 1 unspecified atom stereocenters. The van der Waals surface area contributed by atoms with Crippen molar-refractivity contribution in [2.24, 2.45) is 0 Å². The maximum Gasteiger partial charge on any atom is 0.325 e. The van der Waals surface area contributed by atoms with Gasteiger partial charge in [-0.25, -0.2) is 4.79 Å². The second-order valence-electron chi connectivity index (χ2n) is 7.80. The van der Waals surface area contributed by atoms with E-state index < -0.39 is 23.4 Å². The lowest BCUT2D eigenvalue weighted by Crippen LogP contribution is -2.42. The highest BCUT2D eigenvalue weighted by Gasteiger charge is 2.49. The van der Waals surface area contributed by atoms with Crippen LogP contribution < -0.4 is 15.4 Å². The molecular weight excluding hydrogens is 406 g/mol.